The van der Waals surface area contributed by atoms with E-state index in [1.54, 1.807) is 30.9 Å². The molecule has 2 N–H and O–H groups in total. The molecule has 1 aliphatic carbocycles. The van der Waals surface area contributed by atoms with E-state index < -0.39 is 16.1 Å². The average molecular weight is 366 g/mol. The molecule has 1 aromatic rings. The smallest absolute Gasteiger partial charge is 0.254 e. The Bertz CT molecular complexity index is 756. The van der Waals surface area contributed by atoms with Crippen LogP contribution in [0.1, 0.15) is 54.9 Å². The van der Waals surface area contributed by atoms with Gasteiger partial charge in [0.1, 0.15) is 0 Å². The lowest BCUT2D eigenvalue weighted by Crippen LogP contribution is -2.49. The highest BCUT2D eigenvalue weighted by Gasteiger charge is 2.32. The summed E-state index contributed by atoms with van der Waals surface area (Å²) in [5.41, 5.74) is 1.14. The SMILES string of the molecule is Cc1ccc(S(=O)(=O)NC2CC2)cc1C(=O)N1CCCC[C@@H]1[C@@H](C)O. The number of sulfonamides is 1. The van der Waals surface area contributed by atoms with Crippen molar-refractivity contribution in [3.8, 4) is 0 Å². The van der Waals surface area contributed by atoms with Gasteiger partial charge < -0.3 is 10.0 Å². The van der Waals surface area contributed by atoms with Gasteiger partial charge in [-0.1, -0.05) is 6.07 Å². The van der Waals surface area contributed by atoms with Crippen LogP contribution in [0.15, 0.2) is 23.1 Å². The number of aliphatic hydroxyl groups is 1. The molecule has 2 fully saturated rings. The van der Waals surface area contributed by atoms with Gasteiger partial charge in [-0.25, -0.2) is 13.1 Å². The van der Waals surface area contributed by atoms with Crippen molar-refractivity contribution in [2.45, 2.75) is 69.0 Å². The Hall–Kier alpha value is -1.44. The number of carbonyl (C=O) groups is 1. The second-order valence-electron chi connectivity index (χ2n) is 7.17. The Morgan fingerprint density at radius 2 is 2.00 bits per heavy atom. The maximum atomic E-state index is 13.0. The summed E-state index contributed by atoms with van der Waals surface area (Å²) < 4.78 is 27.5. The number of benzene rings is 1. The van der Waals surface area contributed by atoms with Crippen molar-refractivity contribution in [2.24, 2.45) is 0 Å². The lowest BCUT2D eigenvalue weighted by molar-refractivity contribution is 0.0280. The first kappa shape index (κ1) is 18.4. The number of piperidine rings is 1. The third kappa shape index (κ3) is 4.04. The monoisotopic (exact) mass is 366 g/mol. The van der Waals surface area contributed by atoms with Crippen LogP contribution in [0, 0.1) is 6.92 Å². The quantitative estimate of drug-likeness (QED) is 0.832. The summed E-state index contributed by atoms with van der Waals surface area (Å²) in [6, 6.07) is 4.49. The minimum Gasteiger partial charge on any atom is -0.391 e. The molecule has 0 bridgehead atoms. The molecule has 2 aliphatic rings. The van der Waals surface area contributed by atoms with E-state index in [0.29, 0.717) is 12.1 Å². The van der Waals surface area contributed by atoms with Crippen molar-refractivity contribution in [1.29, 1.82) is 0 Å². The van der Waals surface area contributed by atoms with E-state index in [9.17, 15) is 18.3 Å². The molecule has 0 aromatic heterocycles. The van der Waals surface area contributed by atoms with E-state index in [2.05, 4.69) is 4.72 Å². The highest BCUT2D eigenvalue weighted by Crippen LogP contribution is 2.26. The molecule has 1 amide bonds. The number of amides is 1. The number of rotatable bonds is 5. The van der Waals surface area contributed by atoms with E-state index in [-0.39, 0.29) is 22.9 Å². The predicted octanol–water partition coefficient (Wildman–Crippen LogP) is 1.81. The van der Waals surface area contributed by atoms with Crippen LogP contribution in [0.2, 0.25) is 0 Å². The maximum absolute atomic E-state index is 13.0. The number of nitrogens with one attached hydrogen (secondary N) is 1. The van der Waals surface area contributed by atoms with Gasteiger partial charge >= 0.3 is 0 Å². The van der Waals surface area contributed by atoms with Crippen LogP contribution >= 0.6 is 0 Å². The molecule has 0 spiro atoms. The van der Waals surface area contributed by atoms with Crippen molar-refractivity contribution in [1.82, 2.24) is 9.62 Å². The zero-order chi connectivity index (χ0) is 18.2. The fourth-order valence-electron chi connectivity index (χ4n) is 3.35. The first-order chi connectivity index (χ1) is 11.8. The molecule has 138 valence electrons. The third-order valence-corrected chi connectivity index (χ3v) is 6.53. The fraction of sp³-hybridized carbons (Fsp3) is 0.611. The molecule has 1 aromatic carbocycles. The number of nitrogens with zero attached hydrogens (tertiary/aromatic N) is 1. The van der Waals surface area contributed by atoms with Gasteiger partial charge in [0.05, 0.1) is 17.0 Å². The number of hydrogen-bond donors (Lipinski definition) is 2. The Morgan fingerprint density at radius 1 is 1.28 bits per heavy atom. The van der Waals surface area contributed by atoms with Crippen LogP contribution < -0.4 is 4.72 Å². The predicted molar refractivity (Wildman–Crippen MR) is 94.9 cm³/mol. The van der Waals surface area contributed by atoms with Crippen LogP contribution in [-0.4, -0.2) is 49.1 Å². The molecular weight excluding hydrogens is 340 g/mol. The number of aryl methyl sites for hydroxylation is 1. The molecular formula is C18H26N2O4S. The highest BCUT2D eigenvalue weighted by atomic mass is 32.2. The summed E-state index contributed by atoms with van der Waals surface area (Å²) in [5.74, 6) is -0.202. The molecule has 2 atom stereocenters. The number of aliphatic hydroxyl groups excluding tert-OH is 1. The van der Waals surface area contributed by atoms with Crippen molar-refractivity contribution >= 4 is 15.9 Å². The number of hydrogen-bond acceptors (Lipinski definition) is 4. The molecule has 7 heteroatoms. The normalized spacial score (nSPS) is 22.7. The van der Waals surface area contributed by atoms with E-state index in [4.69, 9.17) is 0 Å². The van der Waals surface area contributed by atoms with Gasteiger partial charge in [0.2, 0.25) is 10.0 Å². The fourth-order valence-corrected chi connectivity index (χ4v) is 4.68. The Kier molecular flexibility index (Phi) is 5.18. The largest absolute Gasteiger partial charge is 0.391 e. The minimum absolute atomic E-state index is 0.0205. The first-order valence-corrected chi connectivity index (χ1v) is 10.4. The standard InChI is InChI=1S/C18H26N2O4S/c1-12-6-9-15(25(23,24)19-14-7-8-14)11-16(12)18(22)20-10-4-3-5-17(20)13(2)21/h6,9,11,13-14,17,19,21H,3-5,7-8,10H2,1-2H3/t13-,17-/m1/s1. The van der Waals surface area contributed by atoms with Crippen LogP contribution in [-0.2, 0) is 10.0 Å². The molecule has 0 radical (unpaired) electrons. The van der Waals surface area contributed by atoms with E-state index in [1.807, 2.05) is 0 Å². The van der Waals surface area contributed by atoms with Crippen molar-refractivity contribution < 1.29 is 18.3 Å². The van der Waals surface area contributed by atoms with Gasteiger partial charge in [-0.3, -0.25) is 4.79 Å². The summed E-state index contributed by atoms with van der Waals surface area (Å²) in [4.78, 5) is 14.9. The van der Waals surface area contributed by atoms with Gasteiger partial charge in [-0.2, -0.15) is 0 Å². The van der Waals surface area contributed by atoms with Gasteiger partial charge in [0, 0.05) is 18.2 Å². The van der Waals surface area contributed by atoms with Crippen LogP contribution in [0.25, 0.3) is 0 Å². The van der Waals surface area contributed by atoms with Crippen LogP contribution in [0.5, 0.6) is 0 Å². The highest BCUT2D eigenvalue weighted by molar-refractivity contribution is 7.89. The molecule has 1 saturated carbocycles. The van der Waals surface area contributed by atoms with Crippen LogP contribution in [0.4, 0.5) is 0 Å². The van der Waals surface area contributed by atoms with Gasteiger partial charge in [0.15, 0.2) is 0 Å². The molecule has 1 saturated heterocycles. The lowest BCUT2D eigenvalue weighted by atomic mass is 9.96. The van der Waals surface area contributed by atoms with Gasteiger partial charge in [-0.15, -0.1) is 0 Å². The summed E-state index contributed by atoms with van der Waals surface area (Å²) in [7, 11) is -3.60. The number of likely N-dealkylation sites (tertiary alicyclic amines) is 1. The Labute approximate surface area is 149 Å². The van der Waals surface area contributed by atoms with Gasteiger partial charge in [-0.05, 0) is 63.6 Å². The number of carbonyl (C=O) groups excluding carboxylic acids is 1. The van der Waals surface area contributed by atoms with E-state index in [1.165, 1.54) is 6.07 Å². The van der Waals surface area contributed by atoms with Crippen molar-refractivity contribution in [3.63, 3.8) is 0 Å². The van der Waals surface area contributed by atoms with E-state index >= 15 is 0 Å². The topological polar surface area (TPSA) is 86.7 Å². The second kappa shape index (κ2) is 7.05. The zero-order valence-corrected chi connectivity index (χ0v) is 15.6. The summed E-state index contributed by atoms with van der Waals surface area (Å²) in [6.45, 7) is 4.09. The first-order valence-electron chi connectivity index (χ1n) is 8.91. The molecule has 6 nitrogen and oxygen atoms in total. The Morgan fingerprint density at radius 3 is 2.64 bits per heavy atom. The molecule has 25 heavy (non-hydrogen) atoms. The minimum atomic E-state index is -3.60. The van der Waals surface area contributed by atoms with Crippen molar-refractivity contribution in [3.05, 3.63) is 29.3 Å². The van der Waals surface area contributed by atoms with Crippen molar-refractivity contribution in [2.75, 3.05) is 6.54 Å². The summed E-state index contributed by atoms with van der Waals surface area (Å²) in [5, 5.41) is 10.0. The molecule has 1 heterocycles. The molecule has 1 aliphatic heterocycles. The van der Waals surface area contributed by atoms with Crippen LogP contribution in [0.3, 0.4) is 0 Å². The molecule has 0 unspecified atom stereocenters. The molecule has 3 rings (SSSR count). The Balaban J connectivity index is 1.90. The summed E-state index contributed by atoms with van der Waals surface area (Å²) in [6.07, 6.45) is 3.77. The lowest BCUT2D eigenvalue weighted by Gasteiger charge is -2.37. The third-order valence-electron chi connectivity index (χ3n) is 5.02. The van der Waals surface area contributed by atoms with E-state index in [0.717, 1.165) is 37.7 Å². The summed E-state index contributed by atoms with van der Waals surface area (Å²) >= 11 is 0. The average Bonchev–Trinajstić information content (AvgIpc) is 3.37. The zero-order valence-electron chi connectivity index (χ0n) is 14.7. The maximum Gasteiger partial charge on any atom is 0.254 e. The second-order valence-corrected chi connectivity index (χ2v) is 8.89. The van der Waals surface area contributed by atoms with Gasteiger partial charge in [0.25, 0.3) is 5.91 Å².